The Labute approximate surface area is 117 Å². The van der Waals surface area contributed by atoms with E-state index in [1.165, 1.54) is 19.3 Å². The second-order valence-corrected chi connectivity index (χ2v) is 5.44. The van der Waals surface area contributed by atoms with Crippen LogP contribution in [-0.4, -0.2) is 29.1 Å². The number of anilines is 1. The maximum absolute atomic E-state index is 10.4. The maximum Gasteiger partial charge on any atom is 0.0936 e. The Morgan fingerprint density at radius 2 is 1.89 bits per heavy atom. The van der Waals surface area contributed by atoms with E-state index in [1.54, 1.807) is 0 Å². The topological polar surface area (TPSA) is 49.5 Å². The van der Waals surface area contributed by atoms with Gasteiger partial charge in [-0.3, -0.25) is 4.90 Å². The Kier molecular flexibility index (Phi) is 6.89. The molecule has 0 heterocycles. The van der Waals surface area contributed by atoms with Gasteiger partial charge in [0, 0.05) is 23.8 Å². The van der Waals surface area contributed by atoms with Gasteiger partial charge in [0.25, 0.3) is 0 Å². The highest BCUT2D eigenvalue weighted by atomic mass is 16.3. The summed E-state index contributed by atoms with van der Waals surface area (Å²) in [5.74, 6) is 0. The lowest BCUT2D eigenvalue weighted by Crippen LogP contribution is -2.35. The molecule has 0 aliphatic carbocycles. The molecule has 19 heavy (non-hydrogen) atoms. The first-order valence-corrected chi connectivity index (χ1v) is 7.32. The van der Waals surface area contributed by atoms with E-state index in [0.717, 1.165) is 12.1 Å². The molecule has 0 aromatic heterocycles. The number of aliphatic hydroxyl groups excluding tert-OH is 1. The second-order valence-electron chi connectivity index (χ2n) is 5.44. The standard InChI is InChI=1S/C16H28N2O/c1-4-5-8-11-18(13(2)3)12-16(19)14-9-6-7-10-15(14)17/h6-7,9-10,13,16,19H,4-5,8,11-12,17H2,1-3H3. The minimum absolute atomic E-state index is 0.441. The van der Waals surface area contributed by atoms with Gasteiger partial charge in [-0.05, 0) is 32.9 Å². The van der Waals surface area contributed by atoms with Crippen LogP contribution in [0.4, 0.5) is 5.69 Å². The predicted molar refractivity (Wildman–Crippen MR) is 82.0 cm³/mol. The Bertz CT molecular complexity index is 366. The Morgan fingerprint density at radius 3 is 2.47 bits per heavy atom. The van der Waals surface area contributed by atoms with E-state index in [4.69, 9.17) is 5.73 Å². The van der Waals surface area contributed by atoms with Crippen molar-refractivity contribution < 1.29 is 5.11 Å². The maximum atomic E-state index is 10.4. The van der Waals surface area contributed by atoms with Crippen molar-refractivity contribution in [1.29, 1.82) is 0 Å². The highest BCUT2D eigenvalue weighted by Crippen LogP contribution is 2.21. The average molecular weight is 264 g/mol. The lowest BCUT2D eigenvalue weighted by atomic mass is 10.1. The van der Waals surface area contributed by atoms with E-state index in [1.807, 2.05) is 24.3 Å². The zero-order chi connectivity index (χ0) is 14.3. The first kappa shape index (κ1) is 16.0. The number of unbranched alkanes of at least 4 members (excludes halogenated alkanes) is 2. The fourth-order valence-corrected chi connectivity index (χ4v) is 2.26. The molecular weight excluding hydrogens is 236 g/mol. The largest absolute Gasteiger partial charge is 0.398 e. The molecule has 3 N–H and O–H groups in total. The van der Waals surface area contributed by atoms with Gasteiger partial charge in [-0.25, -0.2) is 0 Å². The van der Waals surface area contributed by atoms with Crippen molar-refractivity contribution in [2.45, 2.75) is 52.2 Å². The number of hydrogen-bond acceptors (Lipinski definition) is 3. The van der Waals surface area contributed by atoms with Gasteiger partial charge in [0.15, 0.2) is 0 Å². The molecule has 0 amide bonds. The number of nitrogens with zero attached hydrogens (tertiary/aromatic N) is 1. The van der Waals surface area contributed by atoms with Gasteiger partial charge in [-0.1, -0.05) is 38.0 Å². The first-order chi connectivity index (χ1) is 9.06. The SMILES string of the molecule is CCCCCN(CC(O)c1ccccc1N)C(C)C. The number of nitrogen functional groups attached to an aromatic ring is 1. The molecule has 3 heteroatoms. The van der Waals surface area contributed by atoms with Crippen LogP contribution in [0.1, 0.15) is 51.7 Å². The number of nitrogens with two attached hydrogens (primary N) is 1. The zero-order valence-corrected chi connectivity index (χ0v) is 12.5. The minimum Gasteiger partial charge on any atom is -0.398 e. The van der Waals surface area contributed by atoms with Crippen molar-refractivity contribution >= 4 is 5.69 Å². The van der Waals surface area contributed by atoms with Crippen LogP contribution in [0.25, 0.3) is 0 Å². The molecule has 1 aromatic carbocycles. The third-order valence-electron chi connectivity index (χ3n) is 3.54. The van der Waals surface area contributed by atoms with Crippen molar-refractivity contribution in [2.75, 3.05) is 18.8 Å². The molecule has 0 spiro atoms. The summed E-state index contributed by atoms with van der Waals surface area (Å²) >= 11 is 0. The van der Waals surface area contributed by atoms with Gasteiger partial charge in [0.1, 0.15) is 0 Å². The highest BCUT2D eigenvalue weighted by Gasteiger charge is 2.17. The summed E-state index contributed by atoms with van der Waals surface area (Å²) in [7, 11) is 0. The van der Waals surface area contributed by atoms with E-state index in [-0.39, 0.29) is 0 Å². The van der Waals surface area contributed by atoms with Crippen molar-refractivity contribution in [2.24, 2.45) is 0 Å². The van der Waals surface area contributed by atoms with E-state index < -0.39 is 6.10 Å². The fourth-order valence-electron chi connectivity index (χ4n) is 2.26. The second kappa shape index (κ2) is 8.18. The Balaban J connectivity index is 2.61. The lowest BCUT2D eigenvalue weighted by Gasteiger charge is -2.29. The predicted octanol–water partition coefficient (Wildman–Crippen LogP) is 3.20. The van der Waals surface area contributed by atoms with Crippen LogP contribution in [0.5, 0.6) is 0 Å². The van der Waals surface area contributed by atoms with E-state index in [0.29, 0.717) is 18.3 Å². The molecular formula is C16H28N2O. The van der Waals surface area contributed by atoms with Crippen molar-refractivity contribution in [1.82, 2.24) is 4.90 Å². The third-order valence-corrected chi connectivity index (χ3v) is 3.54. The van der Waals surface area contributed by atoms with Crippen LogP contribution in [0.2, 0.25) is 0 Å². The van der Waals surface area contributed by atoms with Crippen LogP contribution in [0, 0.1) is 0 Å². The number of para-hydroxylation sites is 1. The first-order valence-electron chi connectivity index (χ1n) is 7.32. The quantitative estimate of drug-likeness (QED) is 0.560. The van der Waals surface area contributed by atoms with Gasteiger partial charge in [0.2, 0.25) is 0 Å². The molecule has 1 aromatic rings. The number of hydrogen-bond donors (Lipinski definition) is 2. The van der Waals surface area contributed by atoms with E-state index in [9.17, 15) is 5.11 Å². The van der Waals surface area contributed by atoms with E-state index in [2.05, 4.69) is 25.7 Å². The number of benzene rings is 1. The molecule has 0 saturated heterocycles. The Morgan fingerprint density at radius 1 is 1.21 bits per heavy atom. The summed E-state index contributed by atoms with van der Waals surface area (Å²) in [4.78, 5) is 2.33. The Hall–Kier alpha value is -1.06. The molecule has 0 fully saturated rings. The van der Waals surface area contributed by atoms with Gasteiger partial charge >= 0.3 is 0 Å². The summed E-state index contributed by atoms with van der Waals surface area (Å²) in [5.41, 5.74) is 7.43. The minimum atomic E-state index is -0.509. The van der Waals surface area contributed by atoms with Crippen LogP contribution in [0.3, 0.4) is 0 Å². The lowest BCUT2D eigenvalue weighted by molar-refractivity contribution is 0.0947. The van der Waals surface area contributed by atoms with E-state index >= 15 is 0 Å². The van der Waals surface area contributed by atoms with Gasteiger partial charge < -0.3 is 10.8 Å². The van der Waals surface area contributed by atoms with Crippen LogP contribution >= 0.6 is 0 Å². The van der Waals surface area contributed by atoms with Gasteiger partial charge in [0.05, 0.1) is 6.10 Å². The van der Waals surface area contributed by atoms with Gasteiger partial charge in [-0.15, -0.1) is 0 Å². The molecule has 0 bridgehead atoms. The zero-order valence-electron chi connectivity index (χ0n) is 12.5. The fraction of sp³-hybridized carbons (Fsp3) is 0.625. The summed E-state index contributed by atoms with van der Waals surface area (Å²) in [6, 6.07) is 8.01. The molecule has 0 aliphatic rings. The molecule has 108 valence electrons. The van der Waals surface area contributed by atoms with Crippen molar-refractivity contribution in [3.05, 3.63) is 29.8 Å². The molecule has 0 saturated carbocycles. The molecule has 1 atom stereocenters. The van der Waals surface area contributed by atoms with Crippen molar-refractivity contribution in [3.63, 3.8) is 0 Å². The highest BCUT2D eigenvalue weighted by molar-refractivity contribution is 5.47. The summed E-state index contributed by atoms with van der Waals surface area (Å²) in [6.45, 7) is 8.24. The number of aliphatic hydroxyl groups is 1. The molecule has 0 aliphatic heterocycles. The molecule has 1 rings (SSSR count). The summed E-state index contributed by atoms with van der Waals surface area (Å²) in [6.07, 6.45) is 3.14. The molecule has 3 nitrogen and oxygen atoms in total. The smallest absolute Gasteiger partial charge is 0.0936 e. The molecule has 1 unspecified atom stereocenters. The monoisotopic (exact) mass is 264 g/mol. The third kappa shape index (κ3) is 5.21. The number of rotatable bonds is 8. The van der Waals surface area contributed by atoms with Gasteiger partial charge in [-0.2, -0.15) is 0 Å². The van der Waals surface area contributed by atoms with Crippen LogP contribution < -0.4 is 5.73 Å². The summed E-state index contributed by atoms with van der Waals surface area (Å²) in [5, 5.41) is 10.4. The normalized spacial score (nSPS) is 13.2. The average Bonchev–Trinajstić information content (AvgIpc) is 2.38. The van der Waals surface area contributed by atoms with Crippen LogP contribution in [-0.2, 0) is 0 Å². The van der Waals surface area contributed by atoms with Crippen LogP contribution in [0.15, 0.2) is 24.3 Å². The van der Waals surface area contributed by atoms with Crippen molar-refractivity contribution in [3.8, 4) is 0 Å². The molecule has 0 radical (unpaired) electrons. The summed E-state index contributed by atoms with van der Waals surface area (Å²) < 4.78 is 0.